The Labute approximate surface area is 95.1 Å². The maximum atomic E-state index is 11.6. The van der Waals surface area contributed by atoms with Crippen LogP contribution in [0.15, 0.2) is 0 Å². The summed E-state index contributed by atoms with van der Waals surface area (Å²) in [4.78, 5) is 24.2. The minimum Gasteiger partial charge on any atom is -0.480 e. The van der Waals surface area contributed by atoms with Crippen LogP contribution in [0.25, 0.3) is 0 Å². The van der Waals surface area contributed by atoms with Crippen LogP contribution in [0.4, 0.5) is 0 Å². The fourth-order valence-corrected chi connectivity index (χ4v) is 2.22. The van der Waals surface area contributed by atoms with Gasteiger partial charge in [0.2, 0.25) is 5.91 Å². The maximum Gasteiger partial charge on any atom is 0.326 e. The van der Waals surface area contributed by atoms with Crippen LogP contribution in [0.5, 0.6) is 0 Å². The minimum atomic E-state index is -0.918. The van der Waals surface area contributed by atoms with Crippen molar-refractivity contribution < 1.29 is 14.7 Å². The van der Waals surface area contributed by atoms with Crippen molar-refractivity contribution in [2.45, 2.75) is 26.3 Å². The molecule has 15 heavy (non-hydrogen) atoms. The molecule has 0 aromatic carbocycles. The summed E-state index contributed by atoms with van der Waals surface area (Å²) < 4.78 is 0. The first-order valence-electron chi connectivity index (χ1n) is 5.10. The number of aliphatic carboxylic acids is 1. The number of carbonyl (C=O) groups excluding carboxylic acids is 1. The number of thiol groups is 1. The molecule has 1 aliphatic heterocycles. The Hall–Kier alpha value is -0.710. The Morgan fingerprint density at radius 3 is 2.60 bits per heavy atom. The van der Waals surface area contributed by atoms with E-state index in [1.807, 2.05) is 13.8 Å². The molecular weight excluding hydrogens is 214 g/mol. The molecule has 0 aromatic heterocycles. The van der Waals surface area contributed by atoms with Crippen LogP contribution in [0, 0.1) is 11.8 Å². The van der Waals surface area contributed by atoms with Crippen molar-refractivity contribution in [1.82, 2.24) is 4.90 Å². The van der Waals surface area contributed by atoms with Gasteiger partial charge in [-0.15, -0.1) is 0 Å². The van der Waals surface area contributed by atoms with Gasteiger partial charge in [-0.3, -0.25) is 4.79 Å². The van der Waals surface area contributed by atoms with Crippen LogP contribution in [-0.2, 0) is 9.59 Å². The molecular formula is C10H17NO3S. The van der Waals surface area contributed by atoms with Gasteiger partial charge in [0.15, 0.2) is 0 Å². The van der Waals surface area contributed by atoms with Gasteiger partial charge in [-0.25, -0.2) is 4.79 Å². The Morgan fingerprint density at radius 2 is 2.27 bits per heavy atom. The van der Waals surface area contributed by atoms with E-state index in [2.05, 4.69) is 12.6 Å². The highest BCUT2D eigenvalue weighted by Crippen LogP contribution is 2.24. The van der Waals surface area contributed by atoms with Gasteiger partial charge in [-0.2, -0.15) is 12.6 Å². The van der Waals surface area contributed by atoms with Crippen molar-refractivity contribution in [3.8, 4) is 0 Å². The molecule has 2 atom stereocenters. The topological polar surface area (TPSA) is 57.6 Å². The quantitative estimate of drug-likeness (QED) is 0.706. The van der Waals surface area contributed by atoms with Crippen LogP contribution in [0.3, 0.4) is 0 Å². The van der Waals surface area contributed by atoms with Crippen LogP contribution >= 0.6 is 12.6 Å². The predicted molar refractivity (Wildman–Crippen MR) is 59.9 cm³/mol. The highest BCUT2D eigenvalue weighted by molar-refractivity contribution is 7.80. The Bertz CT molecular complexity index is 267. The molecule has 5 heteroatoms. The summed E-state index contributed by atoms with van der Waals surface area (Å²) in [5.74, 6) is -0.216. The molecule has 4 nitrogen and oxygen atoms in total. The number of hydrogen-bond acceptors (Lipinski definition) is 3. The molecule has 1 rings (SSSR count). The van der Waals surface area contributed by atoms with Gasteiger partial charge in [0.25, 0.3) is 0 Å². The summed E-state index contributed by atoms with van der Waals surface area (Å²) in [5.41, 5.74) is 0. The second kappa shape index (κ2) is 4.88. The molecule has 0 radical (unpaired) electrons. The van der Waals surface area contributed by atoms with Crippen LogP contribution in [0.2, 0.25) is 0 Å². The van der Waals surface area contributed by atoms with E-state index < -0.39 is 12.0 Å². The molecule has 1 saturated heterocycles. The lowest BCUT2D eigenvalue weighted by Crippen LogP contribution is -2.45. The zero-order chi connectivity index (χ0) is 11.6. The van der Waals surface area contributed by atoms with E-state index in [-0.39, 0.29) is 17.7 Å². The molecule has 0 aliphatic carbocycles. The van der Waals surface area contributed by atoms with Crippen molar-refractivity contribution in [3.05, 3.63) is 0 Å². The molecule has 1 aliphatic rings. The number of carbonyl (C=O) groups is 2. The third-order valence-corrected chi connectivity index (χ3v) is 3.23. The Kier molecular flexibility index (Phi) is 4.02. The molecule has 0 bridgehead atoms. The smallest absolute Gasteiger partial charge is 0.326 e. The van der Waals surface area contributed by atoms with Crippen molar-refractivity contribution in [2.75, 3.05) is 12.3 Å². The van der Waals surface area contributed by atoms with E-state index >= 15 is 0 Å². The van der Waals surface area contributed by atoms with Crippen molar-refractivity contribution >= 4 is 24.5 Å². The normalized spacial score (nSPS) is 23.6. The van der Waals surface area contributed by atoms with Gasteiger partial charge < -0.3 is 10.0 Å². The summed E-state index contributed by atoms with van der Waals surface area (Å²) in [6.45, 7) is 4.16. The van der Waals surface area contributed by atoms with Gasteiger partial charge in [0.05, 0.1) is 0 Å². The minimum absolute atomic E-state index is 0.0600. The molecule has 0 saturated carbocycles. The summed E-state index contributed by atoms with van der Waals surface area (Å²) >= 11 is 4.14. The van der Waals surface area contributed by atoms with Gasteiger partial charge in [0.1, 0.15) is 6.04 Å². The Balaban J connectivity index is 2.77. The number of nitrogens with zero attached hydrogens (tertiary/aromatic N) is 1. The average Bonchev–Trinajstić information content (AvgIpc) is 2.46. The third kappa shape index (κ3) is 2.65. The summed E-state index contributed by atoms with van der Waals surface area (Å²) in [5, 5.41) is 9.07. The Morgan fingerprint density at radius 1 is 1.67 bits per heavy atom. The molecule has 1 amide bonds. The lowest BCUT2D eigenvalue weighted by atomic mass is 10.0. The SMILES string of the molecule is CC(C)C(C(=O)O)N1CC(CS)CC1=O. The first kappa shape index (κ1) is 12.4. The molecule has 86 valence electrons. The van der Waals surface area contributed by atoms with Crippen molar-refractivity contribution in [2.24, 2.45) is 11.8 Å². The highest BCUT2D eigenvalue weighted by atomic mass is 32.1. The van der Waals surface area contributed by atoms with Crippen molar-refractivity contribution in [1.29, 1.82) is 0 Å². The average molecular weight is 231 g/mol. The van der Waals surface area contributed by atoms with Crippen LogP contribution in [-0.4, -0.2) is 40.2 Å². The van der Waals surface area contributed by atoms with Crippen molar-refractivity contribution in [3.63, 3.8) is 0 Å². The van der Waals surface area contributed by atoms with E-state index in [1.54, 1.807) is 0 Å². The summed E-state index contributed by atoms with van der Waals surface area (Å²) in [6.07, 6.45) is 0.431. The van der Waals surface area contributed by atoms with Gasteiger partial charge in [-0.1, -0.05) is 13.8 Å². The van der Waals surface area contributed by atoms with Gasteiger partial charge >= 0.3 is 5.97 Å². The van der Waals surface area contributed by atoms with E-state index in [4.69, 9.17) is 5.11 Å². The lowest BCUT2D eigenvalue weighted by molar-refractivity contribution is -0.150. The number of carboxylic acid groups (broad SMARTS) is 1. The molecule has 2 unspecified atom stereocenters. The number of amides is 1. The zero-order valence-electron chi connectivity index (χ0n) is 9.01. The number of likely N-dealkylation sites (tertiary alicyclic amines) is 1. The highest BCUT2D eigenvalue weighted by Gasteiger charge is 2.38. The third-order valence-electron chi connectivity index (χ3n) is 2.72. The number of carboxylic acids is 1. The summed E-state index contributed by atoms with van der Waals surface area (Å²) in [7, 11) is 0. The zero-order valence-corrected chi connectivity index (χ0v) is 9.91. The molecule has 1 heterocycles. The fraction of sp³-hybridized carbons (Fsp3) is 0.800. The van der Waals surface area contributed by atoms with Crippen LogP contribution < -0.4 is 0 Å². The molecule has 0 spiro atoms. The molecule has 1 fully saturated rings. The van der Waals surface area contributed by atoms with E-state index in [1.165, 1.54) is 4.90 Å². The number of hydrogen-bond donors (Lipinski definition) is 2. The fourth-order valence-electron chi connectivity index (χ4n) is 1.98. The lowest BCUT2D eigenvalue weighted by Gasteiger charge is -2.27. The second-order valence-corrected chi connectivity index (χ2v) is 4.69. The first-order valence-corrected chi connectivity index (χ1v) is 5.73. The van der Waals surface area contributed by atoms with Gasteiger partial charge in [-0.05, 0) is 17.6 Å². The van der Waals surface area contributed by atoms with E-state index in [9.17, 15) is 9.59 Å². The predicted octanol–water partition coefficient (Wildman–Crippen LogP) is 0.874. The standard InChI is InChI=1S/C10H17NO3S/c1-6(2)9(10(13)14)11-4-7(5-15)3-8(11)12/h6-7,9,15H,3-5H2,1-2H3,(H,13,14). The monoisotopic (exact) mass is 231 g/mol. The van der Waals surface area contributed by atoms with E-state index in [0.29, 0.717) is 18.7 Å². The molecule has 1 N–H and O–H groups in total. The summed E-state index contributed by atoms with van der Waals surface area (Å²) in [6, 6.07) is -0.692. The largest absolute Gasteiger partial charge is 0.480 e. The second-order valence-electron chi connectivity index (χ2n) is 4.33. The maximum absolute atomic E-state index is 11.6. The first-order chi connectivity index (χ1) is 6.97. The van der Waals surface area contributed by atoms with Crippen LogP contribution in [0.1, 0.15) is 20.3 Å². The number of rotatable bonds is 4. The molecule has 0 aromatic rings. The van der Waals surface area contributed by atoms with E-state index in [0.717, 1.165) is 0 Å². The van der Waals surface area contributed by atoms with Gasteiger partial charge in [0, 0.05) is 13.0 Å².